The molecule has 1 aromatic carbocycles. The van der Waals surface area contributed by atoms with Crippen LogP contribution < -0.4 is 10.1 Å². The van der Waals surface area contributed by atoms with Crippen LogP contribution in [0.4, 0.5) is 5.82 Å². The first-order valence-electron chi connectivity index (χ1n) is 5.40. The highest BCUT2D eigenvalue weighted by Gasteiger charge is 2.13. The molecular weight excluding hydrogens is 268 g/mol. The Balaban J connectivity index is 2.23. The van der Waals surface area contributed by atoms with Crippen LogP contribution in [0.3, 0.4) is 0 Å². The van der Waals surface area contributed by atoms with Crippen molar-refractivity contribution in [3.05, 3.63) is 47.1 Å². The number of aromatic hydroxyl groups is 1. The maximum Gasteiger partial charge on any atom is 0.260 e. The number of pyridine rings is 1. The quantitative estimate of drug-likeness (QED) is 0.905. The second kappa shape index (κ2) is 5.58. The van der Waals surface area contributed by atoms with Crippen LogP contribution in [-0.2, 0) is 0 Å². The van der Waals surface area contributed by atoms with E-state index in [9.17, 15) is 9.90 Å². The minimum Gasteiger partial charge on any atom is -0.507 e. The van der Waals surface area contributed by atoms with E-state index < -0.39 is 5.91 Å². The van der Waals surface area contributed by atoms with Crippen molar-refractivity contribution in [1.82, 2.24) is 4.98 Å². The summed E-state index contributed by atoms with van der Waals surface area (Å²) in [6.07, 6.45) is 1.51. The van der Waals surface area contributed by atoms with Crippen LogP contribution in [0.15, 0.2) is 36.5 Å². The number of benzene rings is 1. The van der Waals surface area contributed by atoms with Crippen LogP contribution in [0.2, 0.25) is 5.02 Å². The molecule has 0 unspecified atom stereocenters. The van der Waals surface area contributed by atoms with Gasteiger partial charge in [-0.2, -0.15) is 0 Å². The molecule has 19 heavy (non-hydrogen) atoms. The highest BCUT2D eigenvalue weighted by atomic mass is 35.5. The fourth-order valence-electron chi connectivity index (χ4n) is 1.48. The molecule has 0 saturated carbocycles. The number of rotatable bonds is 3. The van der Waals surface area contributed by atoms with E-state index in [0.29, 0.717) is 10.8 Å². The Morgan fingerprint density at radius 3 is 2.84 bits per heavy atom. The van der Waals surface area contributed by atoms with Crippen LogP contribution in [-0.4, -0.2) is 23.1 Å². The van der Waals surface area contributed by atoms with Gasteiger partial charge in [0.25, 0.3) is 5.91 Å². The van der Waals surface area contributed by atoms with Gasteiger partial charge in [0.15, 0.2) is 5.82 Å². The van der Waals surface area contributed by atoms with E-state index in [1.165, 1.54) is 25.4 Å². The molecule has 0 aliphatic rings. The summed E-state index contributed by atoms with van der Waals surface area (Å²) < 4.78 is 4.94. The Labute approximate surface area is 114 Å². The Morgan fingerprint density at radius 1 is 1.42 bits per heavy atom. The van der Waals surface area contributed by atoms with E-state index in [2.05, 4.69) is 10.3 Å². The van der Waals surface area contributed by atoms with Crippen LogP contribution in [0.1, 0.15) is 10.4 Å². The number of carbonyl (C=O) groups is 1. The van der Waals surface area contributed by atoms with Crippen molar-refractivity contribution in [2.45, 2.75) is 0 Å². The standard InChI is InChI=1S/C13H11ClN2O3/c1-19-8-4-5-9(11(17)7-8)13(18)16-12-10(14)3-2-6-15-12/h2-7,17H,1H3,(H,15,16,18). The zero-order chi connectivity index (χ0) is 13.8. The average molecular weight is 279 g/mol. The van der Waals surface area contributed by atoms with Crippen molar-refractivity contribution in [1.29, 1.82) is 0 Å². The molecule has 2 rings (SSSR count). The molecule has 2 N–H and O–H groups in total. The summed E-state index contributed by atoms with van der Waals surface area (Å²) >= 11 is 5.88. The molecule has 1 heterocycles. The molecule has 0 aliphatic carbocycles. The third kappa shape index (κ3) is 2.95. The number of nitrogens with one attached hydrogen (secondary N) is 1. The van der Waals surface area contributed by atoms with Crippen LogP contribution in [0, 0.1) is 0 Å². The first-order valence-corrected chi connectivity index (χ1v) is 5.78. The van der Waals surface area contributed by atoms with Gasteiger partial charge in [-0.3, -0.25) is 4.79 Å². The minimum atomic E-state index is -0.499. The van der Waals surface area contributed by atoms with Crippen LogP contribution >= 0.6 is 11.6 Å². The van der Waals surface area contributed by atoms with Crippen LogP contribution in [0.25, 0.3) is 0 Å². The first kappa shape index (κ1) is 13.2. The van der Waals surface area contributed by atoms with Crippen molar-refractivity contribution in [3.63, 3.8) is 0 Å². The first-order chi connectivity index (χ1) is 9.11. The molecule has 0 spiro atoms. The zero-order valence-electron chi connectivity index (χ0n) is 10.1. The molecule has 0 bridgehead atoms. The van der Waals surface area contributed by atoms with Crippen LogP contribution in [0.5, 0.6) is 11.5 Å². The van der Waals surface area contributed by atoms with E-state index >= 15 is 0 Å². The average Bonchev–Trinajstić information content (AvgIpc) is 2.41. The number of amides is 1. The lowest BCUT2D eigenvalue weighted by Crippen LogP contribution is -2.13. The van der Waals surface area contributed by atoms with Crippen molar-refractivity contribution >= 4 is 23.3 Å². The number of nitrogens with zero attached hydrogens (tertiary/aromatic N) is 1. The molecule has 0 fully saturated rings. The monoisotopic (exact) mass is 278 g/mol. The summed E-state index contributed by atoms with van der Waals surface area (Å²) in [5.74, 6) is 0.0268. The molecule has 2 aromatic rings. The summed E-state index contributed by atoms with van der Waals surface area (Å²) in [6.45, 7) is 0. The van der Waals surface area contributed by atoms with Crippen molar-refractivity contribution < 1.29 is 14.6 Å². The van der Waals surface area contributed by atoms with E-state index in [4.69, 9.17) is 16.3 Å². The number of phenolic OH excluding ortho intramolecular Hbond substituents is 1. The lowest BCUT2D eigenvalue weighted by atomic mass is 10.2. The van der Waals surface area contributed by atoms with Gasteiger partial charge in [-0.25, -0.2) is 4.98 Å². The molecule has 0 atom stereocenters. The predicted octanol–water partition coefficient (Wildman–Crippen LogP) is 2.70. The number of anilines is 1. The van der Waals surface area contributed by atoms with Gasteiger partial charge in [0.2, 0.25) is 0 Å². The van der Waals surface area contributed by atoms with Gasteiger partial charge in [-0.15, -0.1) is 0 Å². The van der Waals surface area contributed by atoms with Gasteiger partial charge in [-0.05, 0) is 24.3 Å². The number of hydrogen-bond acceptors (Lipinski definition) is 4. The Morgan fingerprint density at radius 2 is 2.21 bits per heavy atom. The number of aromatic nitrogens is 1. The smallest absolute Gasteiger partial charge is 0.260 e. The van der Waals surface area contributed by atoms with Gasteiger partial charge >= 0.3 is 0 Å². The Kier molecular flexibility index (Phi) is 3.87. The van der Waals surface area contributed by atoms with Gasteiger partial charge in [0.05, 0.1) is 17.7 Å². The highest BCUT2D eigenvalue weighted by Crippen LogP contribution is 2.25. The normalized spacial score (nSPS) is 10.0. The third-order valence-corrected chi connectivity index (χ3v) is 2.74. The highest BCUT2D eigenvalue weighted by molar-refractivity contribution is 6.33. The van der Waals surface area contributed by atoms with Crippen molar-refractivity contribution in [2.24, 2.45) is 0 Å². The summed E-state index contributed by atoms with van der Waals surface area (Å²) in [5.41, 5.74) is 0.113. The SMILES string of the molecule is COc1ccc(C(=O)Nc2ncccc2Cl)c(O)c1. The van der Waals surface area contributed by atoms with Gasteiger partial charge in [0.1, 0.15) is 11.5 Å². The number of halogens is 1. The van der Waals surface area contributed by atoms with E-state index in [1.54, 1.807) is 18.2 Å². The zero-order valence-corrected chi connectivity index (χ0v) is 10.8. The molecular formula is C13H11ClN2O3. The van der Waals surface area contributed by atoms with E-state index in [1.807, 2.05) is 0 Å². The van der Waals surface area contributed by atoms with E-state index in [0.717, 1.165) is 0 Å². The molecule has 1 aromatic heterocycles. The van der Waals surface area contributed by atoms with Gasteiger partial charge in [0, 0.05) is 12.3 Å². The fraction of sp³-hybridized carbons (Fsp3) is 0.0769. The molecule has 0 radical (unpaired) electrons. The summed E-state index contributed by atoms with van der Waals surface area (Å²) in [7, 11) is 1.47. The van der Waals surface area contributed by atoms with Crippen molar-refractivity contribution in [2.75, 3.05) is 12.4 Å². The molecule has 1 amide bonds. The maximum atomic E-state index is 12.0. The molecule has 0 saturated heterocycles. The number of hydrogen-bond donors (Lipinski definition) is 2. The molecule has 98 valence electrons. The maximum absolute atomic E-state index is 12.0. The lowest BCUT2D eigenvalue weighted by molar-refractivity contribution is 0.102. The third-order valence-electron chi connectivity index (χ3n) is 2.44. The summed E-state index contributed by atoms with van der Waals surface area (Å²) in [4.78, 5) is 15.9. The number of carbonyl (C=O) groups excluding carboxylic acids is 1. The van der Waals surface area contributed by atoms with E-state index in [-0.39, 0.29) is 17.1 Å². The molecule has 0 aliphatic heterocycles. The topological polar surface area (TPSA) is 71.5 Å². The lowest BCUT2D eigenvalue weighted by Gasteiger charge is -2.08. The second-order valence-corrected chi connectivity index (χ2v) is 4.08. The van der Waals surface area contributed by atoms with Gasteiger partial charge < -0.3 is 15.2 Å². The molecule has 6 heteroatoms. The second-order valence-electron chi connectivity index (χ2n) is 3.67. The number of ether oxygens (including phenoxy) is 1. The van der Waals surface area contributed by atoms with Gasteiger partial charge in [-0.1, -0.05) is 11.6 Å². The fourth-order valence-corrected chi connectivity index (χ4v) is 1.65. The predicted molar refractivity (Wildman–Crippen MR) is 71.9 cm³/mol. The Hall–Kier alpha value is -2.27. The summed E-state index contributed by atoms with van der Waals surface area (Å²) in [6, 6.07) is 7.66. The number of methoxy groups -OCH3 is 1. The van der Waals surface area contributed by atoms with Crippen molar-refractivity contribution in [3.8, 4) is 11.5 Å². The molecule has 5 nitrogen and oxygen atoms in total. The Bertz CT molecular complexity index is 617. The summed E-state index contributed by atoms with van der Waals surface area (Å²) in [5, 5.41) is 12.6. The minimum absolute atomic E-state index is 0.113. The largest absolute Gasteiger partial charge is 0.507 e. The number of phenols is 1.